The van der Waals surface area contributed by atoms with Gasteiger partial charge in [-0.2, -0.15) is 0 Å². The van der Waals surface area contributed by atoms with Crippen LogP contribution in [0.15, 0.2) is 61.3 Å². The van der Waals surface area contributed by atoms with Gasteiger partial charge in [0, 0.05) is 60.1 Å². The van der Waals surface area contributed by atoms with Crippen molar-refractivity contribution in [3.05, 3.63) is 78.4 Å². The van der Waals surface area contributed by atoms with Gasteiger partial charge in [-0.15, -0.1) is 0 Å². The Balaban J connectivity index is 1.82. The molecule has 5 heteroatoms. The first-order valence-electron chi connectivity index (χ1n) is 10.1. The standard InChI is InChI=1S/C24H27N5/c1-17(2)29-18(3)14-22(19(29)4)24-23(20-8-6-5-7-9-20)27-16-28(24)13-10-21-15-25-11-12-26-21/h5-9,11-12,14-17H,10,13H2,1-4H3. The predicted octanol–water partition coefficient (Wildman–Crippen LogP) is 5.25. The van der Waals surface area contributed by atoms with E-state index in [-0.39, 0.29) is 0 Å². The van der Waals surface area contributed by atoms with Gasteiger partial charge in [-0.1, -0.05) is 30.3 Å². The maximum atomic E-state index is 4.82. The number of aromatic nitrogens is 5. The second kappa shape index (κ2) is 8.03. The Morgan fingerprint density at radius 3 is 2.45 bits per heavy atom. The summed E-state index contributed by atoms with van der Waals surface area (Å²) in [5, 5.41) is 0. The summed E-state index contributed by atoms with van der Waals surface area (Å²) in [5.74, 6) is 0. The molecule has 0 atom stereocenters. The minimum atomic E-state index is 0.417. The van der Waals surface area contributed by atoms with Crippen molar-refractivity contribution in [1.82, 2.24) is 24.1 Å². The van der Waals surface area contributed by atoms with Crippen LogP contribution in [0.1, 0.15) is 37.0 Å². The highest BCUT2D eigenvalue weighted by atomic mass is 15.1. The van der Waals surface area contributed by atoms with Gasteiger partial charge in [0.15, 0.2) is 0 Å². The van der Waals surface area contributed by atoms with Crippen molar-refractivity contribution in [3.8, 4) is 22.5 Å². The fraction of sp³-hybridized carbons (Fsp3) is 0.292. The van der Waals surface area contributed by atoms with Crippen LogP contribution in [0.2, 0.25) is 0 Å². The fourth-order valence-electron chi connectivity index (χ4n) is 4.15. The van der Waals surface area contributed by atoms with E-state index in [1.165, 1.54) is 22.6 Å². The molecule has 3 aromatic heterocycles. The molecular weight excluding hydrogens is 358 g/mol. The molecule has 0 bridgehead atoms. The van der Waals surface area contributed by atoms with E-state index in [1.807, 2.05) is 18.6 Å². The Bertz CT molecular complexity index is 1090. The first-order valence-corrected chi connectivity index (χ1v) is 10.1. The van der Waals surface area contributed by atoms with E-state index in [9.17, 15) is 0 Å². The summed E-state index contributed by atoms with van der Waals surface area (Å²) in [4.78, 5) is 13.4. The Morgan fingerprint density at radius 1 is 1.00 bits per heavy atom. The zero-order chi connectivity index (χ0) is 20.4. The van der Waals surface area contributed by atoms with E-state index in [0.717, 1.165) is 29.9 Å². The molecule has 0 spiro atoms. The Kier molecular flexibility index (Phi) is 5.30. The number of nitrogens with zero attached hydrogens (tertiary/aromatic N) is 5. The highest BCUT2D eigenvalue weighted by Crippen LogP contribution is 2.36. The van der Waals surface area contributed by atoms with E-state index >= 15 is 0 Å². The van der Waals surface area contributed by atoms with E-state index < -0.39 is 0 Å². The van der Waals surface area contributed by atoms with Gasteiger partial charge in [-0.05, 0) is 33.8 Å². The molecule has 29 heavy (non-hydrogen) atoms. The van der Waals surface area contributed by atoms with Crippen LogP contribution in [0.25, 0.3) is 22.5 Å². The summed E-state index contributed by atoms with van der Waals surface area (Å²) in [7, 11) is 0. The van der Waals surface area contributed by atoms with Crippen LogP contribution in [0.4, 0.5) is 0 Å². The van der Waals surface area contributed by atoms with Gasteiger partial charge in [0.1, 0.15) is 0 Å². The van der Waals surface area contributed by atoms with Crippen LogP contribution in [-0.4, -0.2) is 24.1 Å². The number of imidazole rings is 1. The zero-order valence-corrected chi connectivity index (χ0v) is 17.5. The van der Waals surface area contributed by atoms with Crippen molar-refractivity contribution >= 4 is 0 Å². The monoisotopic (exact) mass is 385 g/mol. The van der Waals surface area contributed by atoms with E-state index in [1.54, 1.807) is 12.4 Å². The van der Waals surface area contributed by atoms with Crippen LogP contribution >= 0.6 is 0 Å². The lowest BCUT2D eigenvalue weighted by molar-refractivity contribution is 0.575. The predicted molar refractivity (Wildman–Crippen MR) is 117 cm³/mol. The quantitative estimate of drug-likeness (QED) is 0.455. The van der Waals surface area contributed by atoms with Gasteiger partial charge in [-0.3, -0.25) is 9.97 Å². The van der Waals surface area contributed by atoms with Crippen LogP contribution in [0.5, 0.6) is 0 Å². The van der Waals surface area contributed by atoms with Crippen molar-refractivity contribution in [2.24, 2.45) is 0 Å². The number of hydrogen-bond donors (Lipinski definition) is 0. The molecule has 0 fully saturated rings. The molecule has 0 aliphatic rings. The molecule has 0 N–H and O–H groups in total. The third kappa shape index (κ3) is 3.73. The molecule has 0 aliphatic heterocycles. The molecule has 4 rings (SSSR count). The average molecular weight is 386 g/mol. The van der Waals surface area contributed by atoms with Crippen molar-refractivity contribution in [2.75, 3.05) is 0 Å². The van der Waals surface area contributed by atoms with Gasteiger partial charge in [0.05, 0.1) is 23.4 Å². The number of rotatable bonds is 6. The minimum Gasteiger partial charge on any atom is -0.346 e. The Labute approximate surface area is 172 Å². The molecule has 0 unspecified atom stereocenters. The van der Waals surface area contributed by atoms with Gasteiger partial charge in [-0.25, -0.2) is 4.98 Å². The van der Waals surface area contributed by atoms with Gasteiger partial charge in [0.25, 0.3) is 0 Å². The van der Waals surface area contributed by atoms with Crippen molar-refractivity contribution in [1.29, 1.82) is 0 Å². The summed E-state index contributed by atoms with van der Waals surface area (Å²) in [6, 6.07) is 13.1. The zero-order valence-electron chi connectivity index (χ0n) is 17.5. The normalized spacial score (nSPS) is 11.3. The van der Waals surface area contributed by atoms with Crippen molar-refractivity contribution < 1.29 is 0 Å². The Hall–Kier alpha value is -3.21. The van der Waals surface area contributed by atoms with E-state index in [2.05, 4.69) is 77.1 Å². The van der Waals surface area contributed by atoms with E-state index in [4.69, 9.17) is 4.98 Å². The lowest BCUT2D eigenvalue weighted by Gasteiger charge is -2.15. The fourth-order valence-corrected chi connectivity index (χ4v) is 4.15. The molecule has 0 saturated heterocycles. The molecular formula is C24H27N5. The van der Waals surface area contributed by atoms with Crippen LogP contribution < -0.4 is 0 Å². The number of benzene rings is 1. The van der Waals surface area contributed by atoms with Crippen molar-refractivity contribution in [3.63, 3.8) is 0 Å². The number of hydrogen-bond acceptors (Lipinski definition) is 3. The number of aryl methyl sites for hydroxylation is 3. The molecule has 0 radical (unpaired) electrons. The summed E-state index contributed by atoms with van der Waals surface area (Å²) in [5.41, 5.74) is 8.10. The molecule has 4 aromatic rings. The third-order valence-corrected chi connectivity index (χ3v) is 5.37. The lowest BCUT2D eigenvalue weighted by Crippen LogP contribution is -2.06. The second-order valence-electron chi connectivity index (χ2n) is 7.70. The maximum Gasteiger partial charge on any atom is 0.0963 e. The van der Waals surface area contributed by atoms with Crippen LogP contribution in [0.3, 0.4) is 0 Å². The van der Waals surface area contributed by atoms with Crippen molar-refractivity contribution in [2.45, 2.75) is 46.7 Å². The first kappa shape index (κ1) is 19.1. The lowest BCUT2D eigenvalue weighted by atomic mass is 10.0. The average Bonchev–Trinajstić information content (AvgIpc) is 3.27. The van der Waals surface area contributed by atoms with Crippen LogP contribution in [0, 0.1) is 13.8 Å². The molecule has 3 heterocycles. The smallest absolute Gasteiger partial charge is 0.0963 e. The van der Waals surface area contributed by atoms with Crippen LogP contribution in [-0.2, 0) is 13.0 Å². The highest BCUT2D eigenvalue weighted by Gasteiger charge is 2.21. The second-order valence-corrected chi connectivity index (χ2v) is 7.70. The summed E-state index contributed by atoms with van der Waals surface area (Å²) < 4.78 is 4.65. The summed E-state index contributed by atoms with van der Waals surface area (Å²) >= 11 is 0. The highest BCUT2D eigenvalue weighted by molar-refractivity contribution is 5.80. The molecule has 0 aliphatic carbocycles. The van der Waals surface area contributed by atoms with E-state index in [0.29, 0.717) is 6.04 Å². The molecule has 0 saturated carbocycles. The summed E-state index contributed by atoms with van der Waals surface area (Å²) in [6.45, 7) is 9.65. The minimum absolute atomic E-state index is 0.417. The SMILES string of the molecule is Cc1cc(-c2c(-c3ccccc3)ncn2CCc2cnccn2)c(C)n1C(C)C. The Morgan fingerprint density at radius 2 is 1.79 bits per heavy atom. The first-order chi connectivity index (χ1) is 14.1. The molecule has 148 valence electrons. The largest absolute Gasteiger partial charge is 0.346 e. The topological polar surface area (TPSA) is 48.5 Å². The molecule has 0 amide bonds. The van der Waals surface area contributed by atoms with Gasteiger partial charge in [0.2, 0.25) is 0 Å². The maximum absolute atomic E-state index is 4.82. The van der Waals surface area contributed by atoms with Gasteiger partial charge < -0.3 is 9.13 Å². The summed E-state index contributed by atoms with van der Waals surface area (Å²) in [6.07, 6.45) is 8.06. The molecule has 5 nitrogen and oxygen atoms in total. The third-order valence-electron chi connectivity index (χ3n) is 5.37. The molecule has 1 aromatic carbocycles. The van der Waals surface area contributed by atoms with Gasteiger partial charge >= 0.3 is 0 Å².